The monoisotopic (exact) mass is 366 g/mol. The molecule has 3 heterocycles. The summed E-state index contributed by atoms with van der Waals surface area (Å²) in [7, 11) is 1.59. The lowest BCUT2D eigenvalue weighted by molar-refractivity contribution is 0.0763. The molecule has 0 spiro atoms. The summed E-state index contributed by atoms with van der Waals surface area (Å²) >= 11 is 0. The Balaban J connectivity index is 1.51. The molecule has 2 aromatic heterocycles. The van der Waals surface area contributed by atoms with Gasteiger partial charge in [0.25, 0.3) is 5.91 Å². The molecule has 0 bridgehead atoms. The van der Waals surface area contributed by atoms with Crippen molar-refractivity contribution in [1.82, 2.24) is 24.7 Å². The second-order valence-corrected chi connectivity index (χ2v) is 6.54. The number of hydrogen-bond acceptors (Lipinski definition) is 6. The van der Waals surface area contributed by atoms with Gasteiger partial charge in [-0.15, -0.1) is 15.3 Å². The van der Waals surface area contributed by atoms with Crippen LogP contribution >= 0.6 is 0 Å². The summed E-state index contributed by atoms with van der Waals surface area (Å²) in [5.74, 6) is 2.25. The van der Waals surface area contributed by atoms with Crippen molar-refractivity contribution in [2.75, 3.05) is 38.2 Å². The van der Waals surface area contributed by atoms with E-state index in [1.807, 2.05) is 48.2 Å². The lowest BCUT2D eigenvalue weighted by atomic mass is 10.1. The fourth-order valence-electron chi connectivity index (χ4n) is 3.40. The van der Waals surface area contributed by atoms with Gasteiger partial charge in [0.2, 0.25) is 0 Å². The van der Waals surface area contributed by atoms with Crippen LogP contribution in [0.3, 0.4) is 0 Å². The zero-order chi connectivity index (χ0) is 18.8. The Labute approximate surface area is 157 Å². The van der Waals surface area contributed by atoms with E-state index in [9.17, 15) is 4.79 Å². The molecule has 8 heteroatoms. The van der Waals surface area contributed by atoms with Crippen LogP contribution in [0.15, 0.2) is 36.4 Å². The number of benzene rings is 1. The zero-order valence-electron chi connectivity index (χ0n) is 15.5. The molecule has 0 radical (unpaired) electrons. The van der Waals surface area contributed by atoms with Gasteiger partial charge in [0.1, 0.15) is 11.6 Å². The SMILES string of the molecule is COc1ccccc1C(=O)N1CCCN(c2ccc3nnc(C)n3n2)CC1. The number of hydrogen-bond donors (Lipinski definition) is 0. The van der Waals surface area contributed by atoms with Crippen LogP contribution in [0, 0.1) is 6.92 Å². The number of carbonyl (C=O) groups is 1. The predicted molar refractivity (Wildman–Crippen MR) is 101 cm³/mol. The molecule has 1 saturated heterocycles. The minimum atomic E-state index is 0.00682. The lowest BCUT2D eigenvalue weighted by Crippen LogP contribution is -2.35. The molecule has 0 atom stereocenters. The fourth-order valence-corrected chi connectivity index (χ4v) is 3.40. The number of methoxy groups -OCH3 is 1. The highest BCUT2D eigenvalue weighted by molar-refractivity contribution is 5.97. The van der Waals surface area contributed by atoms with Crippen molar-refractivity contribution in [3.63, 3.8) is 0 Å². The van der Waals surface area contributed by atoms with E-state index in [-0.39, 0.29) is 5.91 Å². The third-order valence-corrected chi connectivity index (χ3v) is 4.85. The van der Waals surface area contributed by atoms with E-state index in [1.54, 1.807) is 11.6 Å². The van der Waals surface area contributed by atoms with Gasteiger partial charge in [0.05, 0.1) is 12.7 Å². The summed E-state index contributed by atoms with van der Waals surface area (Å²) in [6.45, 7) is 4.79. The summed E-state index contributed by atoms with van der Waals surface area (Å²) in [5, 5.41) is 12.8. The lowest BCUT2D eigenvalue weighted by Gasteiger charge is -2.23. The molecule has 0 aliphatic carbocycles. The molecule has 1 aromatic carbocycles. The first-order valence-corrected chi connectivity index (χ1v) is 9.03. The molecule has 3 aromatic rings. The smallest absolute Gasteiger partial charge is 0.257 e. The van der Waals surface area contributed by atoms with Crippen LogP contribution in [0.1, 0.15) is 22.6 Å². The molecule has 0 saturated carbocycles. The van der Waals surface area contributed by atoms with Crippen molar-refractivity contribution < 1.29 is 9.53 Å². The fraction of sp³-hybridized carbons (Fsp3) is 0.368. The molecule has 0 unspecified atom stereocenters. The Hall–Kier alpha value is -3.16. The Morgan fingerprint density at radius 1 is 1.04 bits per heavy atom. The molecule has 4 rings (SSSR count). The maximum atomic E-state index is 13.0. The van der Waals surface area contributed by atoms with Gasteiger partial charge in [-0.05, 0) is 37.6 Å². The van der Waals surface area contributed by atoms with Gasteiger partial charge < -0.3 is 14.5 Å². The minimum Gasteiger partial charge on any atom is -0.496 e. The molecule has 140 valence electrons. The van der Waals surface area contributed by atoms with E-state index < -0.39 is 0 Å². The topological polar surface area (TPSA) is 75.9 Å². The maximum Gasteiger partial charge on any atom is 0.257 e. The first kappa shape index (κ1) is 17.3. The van der Waals surface area contributed by atoms with Crippen molar-refractivity contribution in [1.29, 1.82) is 0 Å². The summed E-state index contributed by atoms with van der Waals surface area (Å²) in [6, 6.07) is 11.2. The molecule has 1 fully saturated rings. The molecular weight excluding hydrogens is 344 g/mol. The van der Waals surface area contributed by atoms with Crippen molar-refractivity contribution in [2.24, 2.45) is 0 Å². The van der Waals surface area contributed by atoms with Crippen LogP contribution in [-0.2, 0) is 0 Å². The van der Waals surface area contributed by atoms with Crippen LogP contribution in [0.2, 0.25) is 0 Å². The number of fused-ring (bicyclic) bond motifs is 1. The highest BCUT2D eigenvalue weighted by atomic mass is 16.5. The van der Waals surface area contributed by atoms with Gasteiger partial charge >= 0.3 is 0 Å². The Kier molecular flexibility index (Phi) is 4.62. The number of anilines is 1. The van der Waals surface area contributed by atoms with Crippen LogP contribution in [0.5, 0.6) is 5.75 Å². The van der Waals surface area contributed by atoms with Crippen molar-refractivity contribution >= 4 is 17.4 Å². The van der Waals surface area contributed by atoms with Gasteiger partial charge in [-0.25, -0.2) is 0 Å². The molecule has 1 aliphatic heterocycles. The maximum absolute atomic E-state index is 13.0. The van der Waals surface area contributed by atoms with Gasteiger partial charge in [-0.3, -0.25) is 4.79 Å². The van der Waals surface area contributed by atoms with E-state index in [0.29, 0.717) is 24.4 Å². The quantitative estimate of drug-likeness (QED) is 0.704. The van der Waals surface area contributed by atoms with E-state index in [0.717, 1.165) is 36.8 Å². The summed E-state index contributed by atoms with van der Waals surface area (Å²) < 4.78 is 7.09. The van der Waals surface area contributed by atoms with Gasteiger partial charge in [0.15, 0.2) is 11.5 Å². The number of aryl methyl sites for hydroxylation is 1. The molecule has 27 heavy (non-hydrogen) atoms. The largest absolute Gasteiger partial charge is 0.496 e. The van der Waals surface area contributed by atoms with Gasteiger partial charge in [-0.2, -0.15) is 4.52 Å². The zero-order valence-corrected chi connectivity index (χ0v) is 15.5. The Morgan fingerprint density at radius 3 is 2.74 bits per heavy atom. The van der Waals surface area contributed by atoms with Gasteiger partial charge in [-0.1, -0.05) is 12.1 Å². The molecule has 8 nitrogen and oxygen atoms in total. The van der Waals surface area contributed by atoms with Crippen LogP contribution < -0.4 is 9.64 Å². The first-order valence-electron chi connectivity index (χ1n) is 9.03. The number of ether oxygens (including phenoxy) is 1. The number of amides is 1. The average Bonchev–Trinajstić information content (AvgIpc) is 2.92. The Bertz CT molecular complexity index is 970. The minimum absolute atomic E-state index is 0.00682. The van der Waals surface area contributed by atoms with E-state index in [2.05, 4.69) is 20.2 Å². The Morgan fingerprint density at radius 2 is 1.89 bits per heavy atom. The number of rotatable bonds is 3. The second kappa shape index (κ2) is 7.22. The molecule has 1 amide bonds. The van der Waals surface area contributed by atoms with E-state index in [1.165, 1.54) is 0 Å². The number of para-hydroxylation sites is 1. The van der Waals surface area contributed by atoms with Crippen molar-refractivity contribution in [3.05, 3.63) is 47.8 Å². The van der Waals surface area contributed by atoms with E-state index >= 15 is 0 Å². The third-order valence-electron chi connectivity index (χ3n) is 4.85. The van der Waals surface area contributed by atoms with Crippen molar-refractivity contribution in [3.8, 4) is 5.75 Å². The number of carbonyl (C=O) groups excluding carboxylic acids is 1. The van der Waals surface area contributed by atoms with Crippen LogP contribution in [0.4, 0.5) is 5.82 Å². The average molecular weight is 366 g/mol. The summed E-state index contributed by atoms with van der Waals surface area (Å²) in [5.41, 5.74) is 1.34. The molecular formula is C19H22N6O2. The van der Waals surface area contributed by atoms with Gasteiger partial charge in [0, 0.05) is 26.2 Å². The van der Waals surface area contributed by atoms with E-state index in [4.69, 9.17) is 4.74 Å². The predicted octanol–water partition coefficient (Wildman–Crippen LogP) is 1.79. The first-order chi connectivity index (χ1) is 13.2. The van der Waals surface area contributed by atoms with Crippen LogP contribution in [-0.4, -0.2) is 63.9 Å². The summed E-state index contributed by atoms with van der Waals surface area (Å²) in [6.07, 6.45) is 0.877. The highest BCUT2D eigenvalue weighted by Crippen LogP contribution is 2.21. The van der Waals surface area contributed by atoms with Crippen LogP contribution in [0.25, 0.3) is 5.65 Å². The standard InChI is InChI=1S/C19H22N6O2/c1-14-20-21-17-8-9-18(22-25(14)17)23-10-5-11-24(13-12-23)19(26)15-6-3-4-7-16(15)27-2/h3-4,6-9H,5,10-13H2,1-2H3. The summed E-state index contributed by atoms with van der Waals surface area (Å²) in [4.78, 5) is 17.0. The molecule has 0 N–H and O–H groups in total. The number of nitrogens with zero attached hydrogens (tertiary/aromatic N) is 6. The third kappa shape index (κ3) is 3.30. The number of aromatic nitrogens is 4. The normalized spacial score (nSPS) is 15.0. The highest BCUT2D eigenvalue weighted by Gasteiger charge is 2.23. The van der Waals surface area contributed by atoms with Crippen molar-refractivity contribution in [2.45, 2.75) is 13.3 Å². The molecule has 1 aliphatic rings. The second-order valence-electron chi connectivity index (χ2n) is 6.54.